The topological polar surface area (TPSA) is 12.0 Å². The predicted molar refractivity (Wildman–Crippen MR) is 61.7 cm³/mol. The minimum Gasteiger partial charge on any atom is -0.382 e. The molecule has 1 heterocycles. The average Bonchev–Trinajstić information content (AvgIpc) is 2.26. The zero-order valence-electron chi connectivity index (χ0n) is 9.74. The number of hydrogen-bond acceptors (Lipinski definition) is 1. The Labute approximate surface area is 94.9 Å². The van der Waals surface area contributed by atoms with Gasteiger partial charge in [-0.1, -0.05) is 13.3 Å². The average molecular weight is 225 g/mol. The van der Waals surface area contributed by atoms with Crippen molar-refractivity contribution in [1.29, 1.82) is 0 Å². The Morgan fingerprint density at radius 1 is 1.44 bits per heavy atom. The van der Waals surface area contributed by atoms with Crippen LogP contribution >= 0.6 is 0 Å². The van der Waals surface area contributed by atoms with Crippen LogP contribution in [0.25, 0.3) is 0 Å². The van der Waals surface area contributed by atoms with Gasteiger partial charge in [0.2, 0.25) is 0 Å². The van der Waals surface area contributed by atoms with Crippen molar-refractivity contribution >= 4 is 5.69 Å². The van der Waals surface area contributed by atoms with E-state index in [1.54, 1.807) is 6.92 Å². The third-order valence-electron chi connectivity index (χ3n) is 3.25. The molecule has 0 bridgehead atoms. The summed E-state index contributed by atoms with van der Waals surface area (Å²) in [6.45, 7) is 4.48. The number of benzene rings is 1. The molecule has 1 aromatic rings. The van der Waals surface area contributed by atoms with E-state index < -0.39 is 0 Å². The lowest BCUT2D eigenvalue weighted by Crippen LogP contribution is -2.25. The normalized spacial score (nSPS) is 19.1. The molecule has 0 saturated heterocycles. The first-order valence-corrected chi connectivity index (χ1v) is 5.84. The van der Waals surface area contributed by atoms with E-state index in [0.29, 0.717) is 29.2 Å². The van der Waals surface area contributed by atoms with Crippen LogP contribution in [-0.4, -0.2) is 6.54 Å². The maximum absolute atomic E-state index is 13.9. The molecule has 1 unspecified atom stereocenters. The maximum atomic E-state index is 13.9. The Morgan fingerprint density at radius 3 is 2.88 bits per heavy atom. The minimum atomic E-state index is -0.330. The van der Waals surface area contributed by atoms with E-state index in [9.17, 15) is 8.78 Å². The van der Waals surface area contributed by atoms with E-state index in [4.69, 9.17) is 0 Å². The lowest BCUT2D eigenvalue weighted by molar-refractivity contribution is 0.465. The monoisotopic (exact) mass is 225 g/mol. The van der Waals surface area contributed by atoms with Crippen molar-refractivity contribution < 1.29 is 8.78 Å². The molecule has 1 aliphatic rings. The van der Waals surface area contributed by atoms with Crippen LogP contribution in [0.4, 0.5) is 14.5 Å². The number of fused-ring (bicyclic) bond motifs is 1. The van der Waals surface area contributed by atoms with Crippen molar-refractivity contribution in [1.82, 2.24) is 0 Å². The predicted octanol–water partition coefficient (Wildman–Crippen LogP) is 3.66. The van der Waals surface area contributed by atoms with Gasteiger partial charge in [-0.05, 0) is 37.3 Å². The molecule has 3 heteroatoms. The van der Waals surface area contributed by atoms with Crippen molar-refractivity contribution in [2.75, 3.05) is 11.9 Å². The highest BCUT2D eigenvalue weighted by Gasteiger charge is 2.24. The molecule has 0 spiro atoms. The van der Waals surface area contributed by atoms with Crippen LogP contribution in [-0.2, 0) is 6.42 Å². The molecule has 0 saturated carbocycles. The molecule has 0 amide bonds. The molecule has 0 aromatic heterocycles. The van der Waals surface area contributed by atoms with Gasteiger partial charge in [-0.2, -0.15) is 0 Å². The van der Waals surface area contributed by atoms with Crippen LogP contribution in [0.5, 0.6) is 0 Å². The van der Waals surface area contributed by atoms with E-state index >= 15 is 0 Å². The Morgan fingerprint density at radius 2 is 2.19 bits per heavy atom. The van der Waals surface area contributed by atoms with Crippen LogP contribution in [0.3, 0.4) is 0 Å². The molecule has 0 radical (unpaired) electrons. The lowest BCUT2D eigenvalue weighted by Gasteiger charge is -2.27. The SMILES string of the molecule is CCCC1CNc2c(F)cc(C)c(F)c2C1. The highest BCUT2D eigenvalue weighted by atomic mass is 19.1. The number of aryl methyl sites for hydroxylation is 1. The molecule has 1 N–H and O–H groups in total. The Hall–Kier alpha value is -1.12. The van der Waals surface area contributed by atoms with Crippen molar-refractivity contribution in [3.8, 4) is 0 Å². The van der Waals surface area contributed by atoms with Gasteiger partial charge in [-0.15, -0.1) is 0 Å². The number of hydrogen-bond donors (Lipinski definition) is 1. The summed E-state index contributed by atoms with van der Waals surface area (Å²) in [4.78, 5) is 0. The maximum Gasteiger partial charge on any atom is 0.147 e. The summed E-state index contributed by atoms with van der Waals surface area (Å²) in [5.41, 5.74) is 1.30. The summed E-state index contributed by atoms with van der Waals surface area (Å²) in [5, 5.41) is 3.02. The molecule has 2 rings (SSSR count). The first kappa shape index (κ1) is 11.4. The van der Waals surface area contributed by atoms with E-state index in [1.807, 2.05) is 0 Å². The minimum absolute atomic E-state index is 0.246. The third kappa shape index (κ3) is 1.91. The smallest absolute Gasteiger partial charge is 0.147 e. The standard InChI is InChI=1S/C13H17F2N/c1-3-4-9-6-10-12(15)8(2)5-11(14)13(10)16-7-9/h5,9,16H,3-4,6-7H2,1-2H3. The number of nitrogens with one attached hydrogen (secondary N) is 1. The third-order valence-corrected chi connectivity index (χ3v) is 3.25. The molecule has 88 valence electrons. The fourth-order valence-electron chi connectivity index (χ4n) is 2.42. The van der Waals surface area contributed by atoms with Crippen LogP contribution in [0.15, 0.2) is 6.07 Å². The first-order chi connectivity index (χ1) is 7.63. The van der Waals surface area contributed by atoms with Gasteiger partial charge in [0.05, 0.1) is 5.69 Å². The fraction of sp³-hybridized carbons (Fsp3) is 0.538. The molecule has 1 atom stereocenters. The van der Waals surface area contributed by atoms with Crippen LogP contribution < -0.4 is 5.32 Å². The summed E-state index contributed by atoms with van der Waals surface area (Å²) in [5.74, 6) is -0.151. The van der Waals surface area contributed by atoms with Gasteiger partial charge in [0.25, 0.3) is 0 Å². The second kappa shape index (κ2) is 4.40. The Balaban J connectivity index is 2.36. The second-order valence-electron chi connectivity index (χ2n) is 4.58. The van der Waals surface area contributed by atoms with Gasteiger partial charge in [-0.3, -0.25) is 0 Å². The van der Waals surface area contributed by atoms with Crippen LogP contribution in [0.2, 0.25) is 0 Å². The molecule has 0 aliphatic carbocycles. The van der Waals surface area contributed by atoms with E-state index in [0.717, 1.165) is 19.4 Å². The zero-order valence-corrected chi connectivity index (χ0v) is 9.74. The highest BCUT2D eigenvalue weighted by molar-refractivity contribution is 5.56. The fourth-order valence-corrected chi connectivity index (χ4v) is 2.42. The zero-order chi connectivity index (χ0) is 11.7. The van der Waals surface area contributed by atoms with Crippen molar-refractivity contribution in [3.05, 3.63) is 28.8 Å². The summed E-state index contributed by atoms with van der Waals surface area (Å²) < 4.78 is 27.5. The van der Waals surface area contributed by atoms with Crippen LogP contribution in [0.1, 0.15) is 30.9 Å². The lowest BCUT2D eigenvalue weighted by atomic mass is 9.89. The van der Waals surface area contributed by atoms with E-state index in [1.165, 1.54) is 6.07 Å². The molecular formula is C13H17F2N. The number of halogens is 2. The van der Waals surface area contributed by atoms with Gasteiger partial charge in [0.15, 0.2) is 0 Å². The van der Waals surface area contributed by atoms with Gasteiger partial charge < -0.3 is 5.32 Å². The first-order valence-electron chi connectivity index (χ1n) is 5.84. The van der Waals surface area contributed by atoms with Gasteiger partial charge >= 0.3 is 0 Å². The van der Waals surface area contributed by atoms with E-state index in [2.05, 4.69) is 12.2 Å². The van der Waals surface area contributed by atoms with Crippen LogP contribution in [0, 0.1) is 24.5 Å². The van der Waals surface area contributed by atoms with Gasteiger partial charge in [0, 0.05) is 12.1 Å². The molecule has 1 aromatic carbocycles. The summed E-state index contributed by atoms with van der Waals surface area (Å²) in [6, 6.07) is 1.27. The quantitative estimate of drug-likeness (QED) is 0.810. The number of anilines is 1. The van der Waals surface area contributed by atoms with Crippen molar-refractivity contribution in [2.45, 2.75) is 33.1 Å². The van der Waals surface area contributed by atoms with Gasteiger partial charge in [-0.25, -0.2) is 8.78 Å². The summed E-state index contributed by atoms with van der Waals surface area (Å²) in [7, 11) is 0. The van der Waals surface area contributed by atoms with E-state index in [-0.39, 0.29) is 11.6 Å². The Kier molecular flexibility index (Phi) is 3.13. The molecule has 0 fully saturated rings. The summed E-state index contributed by atoms with van der Waals surface area (Å²) >= 11 is 0. The molecule has 1 aliphatic heterocycles. The molecular weight excluding hydrogens is 208 g/mol. The largest absolute Gasteiger partial charge is 0.382 e. The van der Waals surface area contributed by atoms with Crippen molar-refractivity contribution in [3.63, 3.8) is 0 Å². The Bertz CT molecular complexity index is 401. The highest BCUT2D eigenvalue weighted by Crippen LogP contribution is 2.32. The number of rotatable bonds is 2. The van der Waals surface area contributed by atoms with Crippen molar-refractivity contribution in [2.24, 2.45) is 5.92 Å². The second-order valence-corrected chi connectivity index (χ2v) is 4.58. The van der Waals surface area contributed by atoms with Gasteiger partial charge in [0.1, 0.15) is 11.6 Å². The molecule has 16 heavy (non-hydrogen) atoms. The summed E-state index contributed by atoms with van der Waals surface area (Å²) in [6.07, 6.45) is 2.79. The molecule has 1 nitrogen and oxygen atoms in total.